The molecule has 0 saturated heterocycles. The summed E-state index contributed by atoms with van der Waals surface area (Å²) in [4.78, 5) is 25.1. The Morgan fingerprint density at radius 2 is 1.65 bits per heavy atom. The molecule has 0 radical (unpaired) electrons. The van der Waals surface area contributed by atoms with E-state index in [4.69, 9.17) is 27.9 Å². The van der Waals surface area contributed by atoms with Crippen LogP contribution in [0.2, 0.25) is 10.0 Å². The minimum absolute atomic E-state index is 0.0100. The Morgan fingerprint density at radius 1 is 0.968 bits per heavy atom. The van der Waals surface area contributed by atoms with E-state index in [0.29, 0.717) is 5.56 Å². The van der Waals surface area contributed by atoms with E-state index in [9.17, 15) is 20.2 Å². The summed E-state index contributed by atoms with van der Waals surface area (Å²) in [6.45, 7) is 3.96. The highest BCUT2D eigenvalue weighted by Gasteiger charge is 2.23. The Bertz CT molecular complexity index is 1200. The van der Waals surface area contributed by atoms with Crippen LogP contribution >= 0.6 is 23.2 Å². The van der Waals surface area contributed by atoms with Crippen LogP contribution in [-0.4, -0.2) is 16.1 Å². The van der Waals surface area contributed by atoms with Crippen molar-refractivity contribution in [1.29, 1.82) is 0 Å². The molecule has 0 bridgehead atoms. The van der Waals surface area contributed by atoms with Gasteiger partial charge in [0.1, 0.15) is 0 Å². The first-order valence-electron chi connectivity index (χ1n) is 8.87. The molecule has 8 nitrogen and oxygen atoms in total. The number of nitro benzene ring substituents is 2. The van der Waals surface area contributed by atoms with E-state index in [1.807, 2.05) is 32.0 Å². The van der Waals surface area contributed by atoms with Gasteiger partial charge in [0.15, 0.2) is 5.75 Å². The maximum absolute atomic E-state index is 11.3. The molecule has 0 amide bonds. The van der Waals surface area contributed by atoms with Crippen LogP contribution in [0.25, 0.3) is 0 Å². The molecule has 3 aromatic rings. The predicted molar refractivity (Wildman–Crippen MR) is 119 cm³/mol. The number of halogens is 2. The highest BCUT2D eigenvalue weighted by Crippen LogP contribution is 2.41. The van der Waals surface area contributed by atoms with Crippen molar-refractivity contribution in [3.63, 3.8) is 0 Å². The summed E-state index contributed by atoms with van der Waals surface area (Å²) in [6, 6.07) is 11.9. The summed E-state index contributed by atoms with van der Waals surface area (Å²) in [5, 5.41) is 22.4. The smallest absolute Gasteiger partial charge is 0.318 e. The molecule has 0 aliphatic rings. The van der Waals surface area contributed by atoms with Gasteiger partial charge in [0, 0.05) is 12.3 Å². The molecule has 158 valence electrons. The van der Waals surface area contributed by atoms with Gasteiger partial charge in [-0.15, -0.1) is 0 Å². The summed E-state index contributed by atoms with van der Waals surface area (Å²) >= 11 is 12.6. The molecular weight excluding hydrogens is 445 g/mol. The van der Waals surface area contributed by atoms with Crippen LogP contribution in [0, 0.1) is 34.1 Å². The standard InChI is InChI=1S/C21H15Cl2N3O5/c1-12-4-3-5-18(13(12)2)24-11-14-8-16(22)21(17(23)9-14)31-20-7-6-15(25(27)28)10-19(20)26(29)30/h3-11H,1-2H3. The van der Waals surface area contributed by atoms with E-state index in [0.717, 1.165) is 35.0 Å². The monoisotopic (exact) mass is 459 g/mol. The largest absolute Gasteiger partial charge is 0.447 e. The second-order valence-corrected chi connectivity index (χ2v) is 7.37. The number of hydrogen-bond donors (Lipinski definition) is 0. The zero-order chi connectivity index (χ0) is 22.7. The zero-order valence-corrected chi connectivity index (χ0v) is 17.8. The van der Waals surface area contributed by atoms with Gasteiger partial charge in [-0.25, -0.2) is 0 Å². The van der Waals surface area contributed by atoms with Crippen LogP contribution in [0.5, 0.6) is 11.5 Å². The Morgan fingerprint density at radius 3 is 2.26 bits per heavy atom. The zero-order valence-electron chi connectivity index (χ0n) is 16.3. The van der Waals surface area contributed by atoms with E-state index >= 15 is 0 Å². The maximum atomic E-state index is 11.3. The lowest BCUT2D eigenvalue weighted by Gasteiger charge is -2.11. The fourth-order valence-electron chi connectivity index (χ4n) is 2.73. The average Bonchev–Trinajstić information content (AvgIpc) is 2.71. The fourth-order valence-corrected chi connectivity index (χ4v) is 3.31. The number of nitrogens with zero attached hydrogens (tertiary/aromatic N) is 3. The average molecular weight is 460 g/mol. The number of aryl methyl sites for hydroxylation is 1. The second kappa shape index (κ2) is 9.11. The molecular formula is C21H15Cl2N3O5. The first kappa shape index (κ1) is 22.2. The lowest BCUT2D eigenvalue weighted by atomic mass is 10.1. The van der Waals surface area contributed by atoms with Crippen LogP contribution in [0.15, 0.2) is 53.5 Å². The number of aliphatic imine (C=N–C) groups is 1. The Kier molecular flexibility index (Phi) is 6.53. The minimum Gasteiger partial charge on any atom is -0.447 e. The van der Waals surface area contributed by atoms with Crippen LogP contribution in [0.1, 0.15) is 16.7 Å². The Labute approximate surface area is 187 Å². The number of hydrogen-bond acceptors (Lipinski definition) is 6. The first-order chi connectivity index (χ1) is 14.7. The van der Waals surface area contributed by atoms with Crippen molar-refractivity contribution in [2.24, 2.45) is 4.99 Å². The molecule has 10 heteroatoms. The summed E-state index contributed by atoms with van der Waals surface area (Å²) in [7, 11) is 0. The van der Waals surface area contributed by atoms with Crippen molar-refractivity contribution < 1.29 is 14.6 Å². The number of non-ortho nitro benzene ring substituents is 1. The summed E-state index contributed by atoms with van der Waals surface area (Å²) in [5.74, 6) is -0.236. The second-order valence-electron chi connectivity index (χ2n) is 6.56. The molecule has 0 aliphatic carbocycles. The van der Waals surface area contributed by atoms with Crippen LogP contribution < -0.4 is 4.74 Å². The van der Waals surface area contributed by atoms with Gasteiger partial charge in [-0.2, -0.15) is 0 Å². The van der Waals surface area contributed by atoms with E-state index in [1.165, 1.54) is 0 Å². The van der Waals surface area contributed by atoms with Crippen molar-refractivity contribution in [3.8, 4) is 11.5 Å². The van der Waals surface area contributed by atoms with Gasteiger partial charge < -0.3 is 4.74 Å². The summed E-state index contributed by atoms with van der Waals surface area (Å²) < 4.78 is 5.55. The molecule has 0 heterocycles. The molecule has 31 heavy (non-hydrogen) atoms. The summed E-state index contributed by atoms with van der Waals surface area (Å²) in [5.41, 5.74) is 2.53. The van der Waals surface area contributed by atoms with Gasteiger partial charge in [-0.1, -0.05) is 35.3 Å². The van der Waals surface area contributed by atoms with E-state index in [-0.39, 0.29) is 21.5 Å². The third kappa shape index (κ3) is 4.99. The van der Waals surface area contributed by atoms with Gasteiger partial charge in [0.2, 0.25) is 5.75 Å². The molecule has 0 atom stereocenters. The molecule has 0 saturated carbocycles. The van der Waals surface area contributed by atoms with Gasteiger partial charge in [-0.3, -0.25) is 25.2 Å². The number of benzene rings is 3. The van der Waals surface area contributed by atoms with Crippen molar-refractivity contribution in [1.82, 2.24) is 0 Å². The molecule has 0 N–H and O–H groups in total. The molecule has 0 unspecified atom stereocenters. The van der Waals surface area contributed by atoms with Gasteiger partial charge in [0.25, 0.3) is 5.69 Å². The molecule has 0 spiro atoms. The summed E-state index contributed by atoms with van der Waals surface area (Å²) in [6.07, 6.45) is 1.59. The van der Waals surface area contributed by atoms with Crippen molar-refractivity contribution in [2.45, 2.75) is 13.8 Å². The van der Waals surface area contributed by atoms with Crippen LogP contribution in [0.4, 0.5) is 17.1 Å². The highest BCUT2D eigenvalue weighted by atomic mass is 35.5. The maximum Gasteiger partial charge on any atom is 0.318 e. The first-order valence-corrected chi connectivity index (χ1v) is 9.63. The molecule has 0 fully saturated rings. The quantitative estimate of drug-likeness (QED) is 0.224. The number of nitro groups is 2. The normalized spacial score (nSPS) is 11.0. The predicted octanol–water partition coefficient (Wildman–Crippen LogP) is 6.97. The lowest BCUT2D eigenvalue weighted by molar-refractivity contribution is -0.394. The van der Waals surface area contributed by atoms with Crippen LogP contribution in [0.3, 0.4) is 0 Å². The Hall–Kier alpha value is -3.49. The minimum atomic E-state index is -0.782. The lowest BCUT2D eigenvalue weighted by Crippen LogP contribution is -1.97. The highest BCUT2D eigenvalue weighted by molar-refractivity contribution is 6.37. The van der Waals surface area contributed by atoms with Crippen molar-refractivity contribution in [3.05, 3.63) is 95.5 Å². The topological polar surface area (TPSA) is 108 Å². The SMILES string of the molecule is Cc1cccc(N=Cc2cc(Cl)c(Oc3ccc([N+](=O)[O-])cc3[N+](=O)[O-])c(Cl)c2)c1C. The molecule has 3 aromatic carbocycles. The van der Waals surface area contributed by atoms with Gasteiger partial charge >= 0.3 is 5.69 Å². The number of rotatable bonds is 6. The van der Waals surface area contributed by atoms with E-state index in [2.05, 4.69) is 4.99 Å². The molecule has 3 rings (SSSR count). The van der Waals surface area contributed by atoms with Crippen molar-refractivity contribution in [2.75, 3.05) is 0 Å². The fraction of sp³-hybridized carbons (Fsp3) is 0.0952. The third-order valence-electron chi connectivity index (χ3n) is 4.51. The molecule has 0 aliphatic heterocycles. The van der Waals surface area contributed by atoms with Gasteiger partial charge in [-0.05, 0) is 54.8 Å². The third-order valence-corrected chi connectivity index (χ3v) is 5.07. The van der Waals surface area contributed by atoms with Crippen LogP contribution in [-0.2, 0) is 0 Å². The Balaban J connectivity index is 1.93. The van der Waals surface area contributed by atoms with Gasteiger partial charge in [0.05, 0.1) is 31.6 Å². The van der Waals surface area contributed by atoms with E-state index in [1.54, 1.807) is 18.3 Å². The van der Waals surface area contributed by atoms with Crippen molar-refractivity contribution >= 4 is 46.5 Å². The molecule has 0 aromatic heterocycles. The number of ether oxygens (including phenoxy) is 1. The van der Waals surface area contributed by atoms with E-state index < -0.39 is 21.2 Å².